The molecule has 0 atom stereocenters. The normalized spacial score (nSPS) is 10.8. The average Bonchev–Trinajstić information content (AvgIpc) is 2.30. The highest BCUT2D eigenvalue weighted by Crippen LogP contribution is 2.22. The largest absolute Gasteiger partial charge is 0.496 e. The molecule has 0 amide bonds. The van der Waals surface area contributed by atoms with E-state index in [1.807, 2.05) is 18.2 Å². The van der Waals surface area contributed by atoms with Crippen LogP contribution >= 0.6 is 23.2 Å². The SMILES string of the molecule is COc1ccc(N)cc1CN(CCCl)CCCl. The molecule has 17 heavy (non-hydrogen) atoms. The summed E-state index contributed by atoms with van der Waals surface area (Å²) in [5.41, 5.74) is 7.57. The van der Waals surface area contributed by atoms with Crippen LogP contribution in [0.4, 0.5) is 5.69 Å². The number of nitrogens with zero attached hydrogens (tertiary/aromatic N) is 1. The molecule has 1 aromatic carbocycles. The Morgan fingerprint density at radius 1 is 1.24 bits per heavy atom. The third kappa shape index (κ3) is 4.62. The highest BCUT2D eigenvalue weighted by molar-refractivity contribution is 6.18. The molecule has 0 heterocycles. The second-order valence-corrected chi connectivity index (χ2v) is 4.48. The third-order valence-corrected chi connectivity index (χ3v) is 2.84. The van der Waals surface area contributed by atoms with E-state index in [0.29, 0.717) is 11.8 Å². The molecule has 0 saturated carbocycles. The molecule has 0 aliphatic carbocycles. The molecule has 0 radical (unpaired) electrons. The van der Waals surface area contributed by atoms with Crippen LogP contribution in [0.15, 0.2) is 18.2 Å². The van der Waals surface area contributed by atoms with Crippen LogP contribution in [-0.4, -0.2) is 36.9 Å². The molecule has 0 aliphatic heterocycles. The van der Waals surface area contributed by atoms with Gasteiger partial charge < -0.3 is 10.5 Å². The van der Waals surface area contributed by atoms with Crippen LogP contribution in [0.5, 0.6) is 5.75 Å². The first-order chi connectivity index (χ1) is 8.21. The van der Waals surface area contributed by atoms with E-state index in [1.54, 1.807) is 7.11 Å². The first-order valence-corrected chi connectivity index (χ1v) is 6.54. The number of nitrogen functional groups attached to an aromatic ring is 1. The molecule has 0 spiro atoms. The first kappa shape index (κ1) is 14.4. The summed E-state index contributed by atoms with van der Waals surface area (Å²) >= 11 is 11.5. The number of alkyl halides is 2. The minimum absolute atomic E-state index is 0.585. The number of hydrogen-bond acceptors (Lipinski definition) is 3. The van der Waals surface area contributed by atoms with Crippen LogP contribution < -0.4 is 10.5 Å². The summed E-state index contributed by atoms with van der Waals surface area (Å²) in [6.07, 6.45) is 0. The van der Waals surface area contributed by atoms with Crippen molar-refractivity contribution in [1.82, 2.24) is 4.90 Å². The Morgan fingerprint density at radius 2 is 1.88 bits per heavy atom. The van der Waals surface area contributed by atoms with Crippen LogP contribution in [0.2, 0.25) is 0 Å². The zero-order chi connectivity index (χ0) is 12.7. The summed E-state index contributed by atoms with van der Waals surface area (Å²) < 4.78 is 5.31. The van der Waals surface area contributed by atoms with Gasteiger partial charge in [-0.05, 0) is 18.2 Å². The van der Waals surface area contributed by atoms with Gasteiger partial charge in [0.05, 0.1) is 7.11 Å². The molecule has 0 aromatic heterocycles. The standard InChI is InChI=1S/C12H18Cl2N2O/c1-17-12-3-2-11(15)8-10(12)9-16(6-4-13)7-5-14/h2-3,8H,4-7,9,15H2,1H3. The van der Waals surface area contributed by atoms with E-state index in [1.165, 1.54) is 0 Å². The number of benzene rings is 1. The molecular formula is C12H18Cl2N2O. The van der Waals surface area contributed by atoms with Gasteiger partial charge >= 0.3 is 0 Å². The van der Waals surface area contributed by atoms with Crippen molar-refractivity contribution in [3.8, 4) is 5.75 Å². The molecule has 96 valence electrons. The third-order valence-electron chi connectivity index (χ3n) is 2.50. The van der Waals surface area contributed by atoms with Crippen LogP contribution in [0, 0.1) is 0 Å². The van der Waals surface area contributed by atoms with E-state index in [9.17, 15) is 0 Å². The van der Waals surface area contributed by atoms with E-state index in [4.69, 9.17) is 33.7 Å². The van der Waals surface area contributed by atoms with Gasteiger partial charge in [0.15, 0.2) is 0 Å². The van der Waals surface area contributed by atoms with Gasteiger partial charge in [-0.3, -0.25) is 4.90 Å². The summed E-state index contributed by atoms with van der Waals surface area (Å²) in [5.74, 6) is 2.01. The fraction of sp³-hybridized carbons (Fsp3) is 0.500. The number of ether oxygens (including phenoxy) is 1. The molecule has 5 heteroatoms. The Morgan fingerprint density at radius 3 is 2.41 bits per heavy atom. The number of methoxy groups -OCH3 is 1. The smallest absolute Gasteiger partial charge is 0.123 e. The van der Waals surface area contributed by atoms with E-state index < -0.39 is 0 Å². The lowest BCUT2D eigenvalue weighted by Crippen LogP contribution is -2.27. The fourth-order valence-corrected chi connectivity index (χ4v) is 2.15. The van der Waals surface area contributed by atoms with E-state index >= 15 is 0 Å². The summed E-state index contributed by atoms with van der Waals surface area (Å²) in [4.78, 5) is 2.18. The number of anilines is 1. The highest BCUT2D eigenvalue weighted by atomic mass is 35.5. The molecule has 0 saturated heterocycles. The summed E-state index contributed by atoms with van der Waals surface area (Å²) in [6.45, 7) is 2.34. The van der Waals surface area contributed by atoms with Crippen molar-refractivity contribution in [1.29, 1.82) is 0 Å². The minimum Gasteiger partial charge on any atom is -0.496 e. The van der Waals surface area contributed by atoms with Crippen LogP contribution in [0.3, 0.4) is 0 Å². The molecule has 3 nitrogen and oxygen atoms in total. The molecule has 1 rings (SSSR count). The molecule has 2 N–H and O–H groups in total. The second kappa shape index (κ2) is 7.64. The van der Waals surface area contributed by atoms with Crippen molar-refractivity contribution >= 4 is 28.9 Å². The van der Waals surface area contributed by atoms with Gasteiger partial charge in [0.1, 0.15) is 5.75 Å². The van der Waals surface area contributed by atoms with Gasteiger partial charge in [-0.1, -0.05) is 0 Å². The van der Waals surface area contributed by atoms with Crippen LogP contribution in [0.1, 0.15) is 5.56 Å². The van der Waals surface area contributed by atoms with Crippen molar-refractivity contribution < 1.29 is 4.74 Å². The van der Waals surface area contributed by atoms with Crippen molar-refractivity contribution in [3.05, 3.63) is 23.8 Å². The highest BCUT2D eigenvalue weighted by Gasteiger charge is 2.09. The quantitative estimate of drug-likeness (QED) is 0.615. The number of nitrogens with two attached hydrogens (primary N) is 1. The number of halogens is 2. The molecule has 0 unspecified atom stereocenters. The lowest BCUT2D eigenvalue weighted by molar-refractivity contribution is 0.292. The van der Waals surface area contributed by atoms with E-state index in [0.717, 1.165) is 36.6 Å². The Bertz CT molecular complexity index is 341. The zero-order valence-electron chi connectivity index (χ0n) is 9.96. The number of rotatable bonds is 7. The molecule has 0 aliphatic rings. The summed E-state index contributed by atoms with van der Waals surface area (Å²) in [6, 6.07) is 5.63. The monoisotopic (exact) mass is 276 g/mol. The molecule has 1 aromatic rings. The molecule has 0 bridgehead atoms. The zero-order valence-corrected chi connectivity index (χ0v) is 11.5. The van der Waals surface area contributed by atoms with Gasteiger partial charge in [0.2, 0.25) is 0 Å². The predicted octanol–water partition coefficient (Wildman–Crippen LogP) is 2.56. The van der Waals surface area contributed by atoms with E-state index in [2.05, 4.69) is 4.90 Å². The Labute approximate surface area is 112 Å². The van der Waals surface area contributed by atoms with Crippen molar-refractivity contribution in [2.45, 2.75) is 6.54 Å². The first-order valence-electron chi connectivity index (χ1n) is 5.48. The van der Waals surface area contributed by atoms with Gasteiger partial charge in [0.25, 0.3) is 0 Å². The van der Waals surface area contributed by atoms with Crippen molar-refractivity contribution in [2.24, 2.45) is 0 Å². The van der Waals surface area contributed by atoms with Gasteiger partial charge in [-0.15, -0.1) is 23.2 Å². The number of hydrogen-bond donors (Lipinski definition) is 1. The molecular weight excluding hydrogens is 259 g/mol. The summed E-state index contributed by atoms with van der Waals surface area (Å²) in [7, 11) is 1.66. The van der Waals surface area contributed by atoms with Crippen LogP contribution in [-0.2, 0) is 6.54 Å². The maximum Gasteiger partial charge on any atom is 0.123 e. The predicted molar refractivity (Wildman–Crippen MR) is 74.1 cm³/mol. The van der Waals surface area contributed by atoms with Crippen LogP contribution in [0.25, 0.3) is 0 Å². The average molecular weight is 277 g/mol. The van der Waals surface area contributed by atoms with Crippen molar-refractivity contribution in [2.75, 3.05) is 37.7 Å². The van der Waals surface area contributed by atoms with Gasteiger partial charge in [-0.25, -0.2) is 0 Å². The Balaban J connectivity index is 2.79. The molecule has 0 fully saturated rings. The van der Waals surface area contributed by atoms with Crippen molar-refractivity contribution in [3.63, 3.8) is 0 Å². The van der Waals surface area contributed by atoms with Gasteiger partial charge in [-0.2, -0.15) is 0 Å². The lowest BCUT2D eigenvalue weighted by Gasteiger charge is -2.21. The second-order valence-electron chi connectivity index (χ2n) is 3.73. The van der Waals surface area contributed by atoms with E-state index in [-0.39, 0.29) is 0 Å². The Kier molecular flexibility index (Phi) is 6.48. The topological polar surface area (TPSA) is 38.5 Å². The minimum atomic E-state index is 0.585. The fourth-order valence-electron chi connectivity index (χ4n) is 1.67. The Hall–Kier alpha value is -0.640. The maximum absolute atomic E-state index is 5.78. The van der Waals surface area contributed by atoms with Gasteiger partial charge in [0, 0.05) is 42.6 Å². The summed E-state index contributed by atoms with van der Waals surface area (Å²) in [5, 5.41) is 0. The lowest BCUT2D eigenvalue weighted by atomic mass is 10.1. The maximum atomic E-state index is 5.78.